The van der Waals surface area contributed by atoms with Crippen LogP contribution in [-0.4, -0.2) is 68.8 Å². The van der Waals surface area contributed by atoms with Crippen molar-refractivity contribution in [1.29, 1.82) is 0 Å². The van der Waals surface area contributed by atoms with E-state index < -0.39 is 0 Å². The minimum Gasteiger partial charge on any atom is -0.497 e. The van der Waals surface area contributed by atoms with Crippen molar-refractivity contribution in [1.82, 2.24) is 9.80 Å². The van der Waals surface area contributed by atoms with Crippen molar-refractivity contribution < 1.29 is 14.3 Å². The Labute approximate surface area is 162 Å². The Kier molecular flexibility index (Phi) is 7.72. The summed E-state index contributed by atoms with van der Waals surface area (Å²) < 4.78 is 10.5. The van der Waals surface area contributed by atoms with Crippen molar-refractivity contribution in [3.05, 3.63) is 35.9 Å². The molecule has 148 valence electrons. The van der Waals surface area contributed by atoms with Crippen molar-refractivity contribution >= 4 is 12.0 Å². The fraction of sp³-hybridized carbons (Fsp3) is 0.591. The third-order valence-corrected chi connectivity index (χ3v) is 5.52. The molecule has 2 aliphatic rings. The molecule has 2 saturated heterocycles. The first-order chi connectivity index (χ1) is 13.2. The number of amides is 1. The monoisotopic (exact) mass is 372 g/mol. The molecule has 2 fully saturated rings. The summed E-state index contributed by atoms with van der Waals surface area (Å²) in [5.74, 6) is 1.82. The van der Waals surface area contributed by atoms with Gasteiger partial charge in [-0.15, -0.1) is 0 Å². The number of carbonyl (C=O) groups excluding carboxylic acids is 1. The van der Waals surface area contributed by atoms with Crippen LogP contribution >= 0.6 is 0 Å². The Morgan fingerprint density at radius 2 is 2.00 bits per heavy atom. The topological polar surface area (TPSA) is 42.0 Å². The van der Waals surface area contributed by atoms with E-state index in [-0.39, 0.29) is 0 Å². The summed E-state index contributed by atoms with van der Waals surface area (Å²) in [6.45, 7) is 6.11. The smallest absolute Gasteiger partial charge is 0.222 e. The van der Waals surface area contributed by atoms with Gasteiger partial charge >= 0.3 is 0 Å². The number of rotatable bonds is 7. The van der Waals surface area contributed by atoms with Gasteiger partial charge in [-0.1, -0.05) is 24.3 Å². The third-order valence-electron chi connectivity index (χ3n) is 5.52. The summed E-state index contributed by atoms with van der Waals surface area (Å²) in [6, 6.07) is 8.13. The summed E-state index contributed by atoms with van der Waals surface area (Å²) in [7, 11) is 1.69. The first-order valence-corrected chi connectivity index (χ1v) is 10.1. The van der Waals surface area contributed by atoms with Gasteiger partial charge in [0.1, 0.15) is 5.75 Å². The average Bonchev–Trinajstić information content (AvgIpc) is 2.73. The summed E-state index contributed by atoms with van der Waals surface area (Å²) in [6.07, 6.45) is 8.57. The highest BCUT2D eigenvalue weighted by atomic mass is 16.5. The van der Waals surface area contributed by atoms with Gasteiger partial charge in [0, 0.05) is 32.6 Å². The van der Waals surface area contributed by atoms with E-state index in [1.54, 1.807) is 7.11 Å². The first kappa shape index (κ1) is 19.9. The lowest BCUT2D eigenvalue weighted by atomic mass is 9.93. The van der Waals surface area contributed by atoms with E-state index in [2.05, 4.69) is 29.2 Å². The molecule has 0 aromatic heterocycles. The highest BCUT2D eigenvalue weighted by Gasteiger charge is 2.22. The van der Waals surface area contributed by atoms with Crippen LogP contribution in [0.3, 0.4) is 0 Å². The summed E-state index contributed by atoms with van der Waals surface area (Å²) in [4.78, 5) is 16.8. The van der Waals surface area contributed by atoms with Crippen LogP contribution in [-0.2, 0) is 9.53 Å². The van der Waals surface area contributed by atoms with Crippen molar-refractivity contribution in [2.24, 2.45) is 5.92 Å². The highest BCUT2D eigenvalue weighted by molar-refractivity contribution is 5.76. The van der Waals surface area contributed by atoms with Gasteiger partial charge < -0.3 is 14.4 Å². The van der Waals surface area contributed by atoms with E-state index in [9.17, 15) is 4.79 Å². The molecule has 0 bridgehead atoms. The fourth-order valence-corrected chi connectivity index (χ4v) is 3.90. The van der Waals surface area contributed by atoms with Gasteiger partial charge in [-0.3, -0.25) is 9.69 Å². The number of morpholine rings is 1. The Balaban J connectivity index is 1.39. The molecule has 5 nitrogen and oxygen atoms in total. The number of carbonyl (C=O) groups is 1. The molecule has 1 amide bonds. The molecule has 3 rings (SSSR count). The maximum Gasteiger partial charge on any atom is 0.222 e. The first-order valence-electron chi connectivity index (χ1n) is 10.1. The number of benzene rings is 1. The van der Waals surface area contributed by atoms with E-state index in [0.29, 0.717) is 31.5 Å². The molecule has 2 aliphatic heterocycles. The zero-order chi connectivity index (χ0) is 18.9. The quantitative estimate of drug-likeness (QED) is 0.738. The predicted octanol–water partition coefficient (Wildman–Crippen LogP) is 3.06. The van der Waals surface area contributed by atoms with E-state index in [1.165, 1.54) is 18.4 Å². The van der Waals surface area contributed by atoms with Gasteiger partial charge in [-0.05, 0) is 49.4 Å². The van der Waals surface area contributed by atoms with E-state index in [0.717, 1.165) is 44.9 Å². The number of methoxy groups -OCH3 is 1. The second kappa shape index (κ2) is 10.5. The summed E-state index contributed by atoms with van der Waals surface area (Å²) in [5, 5.41) is 0. The Morgan fingerprint density at radius 3 is 2.74 bits per heavy atom. The van der Waals surface area contributed by atoms with Crippen molar-refractivity contribution in [2.75, 3.05) is 53.0 Å². The number of ether oxygens (including phenoxy) is 2. The van der Waals surface area contributed by atoms with E-state index in [1.807, 2.05) is 17.0 Å². The molecule has 27 heavy (non-hydrogen) atoms. The van der Waals surface area contributed by atoms with Crippen LogP contribution in [0.1, 0.15) is 31.2 Å². The second-order valence-electron chi connectivity index (χ2n) is 7.48. The molecule has 1 unspecified atom stereocenters. The van der Waals surface area contributed by atoms with E-state index in [4.69, 9.17) is 9.47 Å². The molecule has 5 heteroatoms. The maximum absolute atomic E-state index is 12.3. The maximum atomic E-state index is 12.3. The van der Waals surface area contributed by atoms with Crippen LogP contribution in [0.5, 0.6) is 5.75 Å². The molecule has 0 spiro atoms. The molecule has 1 aromatic rings. The number of nitrogens with zero attached hydrogens (tertiary/aromatic N) is 2. The van der Waals surface area contributed by atoms with Gasteiger partial charge in [0.25, 0.3) is 0 Å². The zero-order valence-electron chi connectivity index (χ0n) is 16.4. The van der Waals surface area contributed by atoms with Gasteiger partial charge in [0.05, 0.1) is 20.3 Å². The lowest BCUT2D eigenvalue weighted by Crippen LogP contribution is -2.41. The van der Waals surface area contributed by atoms with Crippen LogP contribution in [0.25, 0.3) is 6.08 Å². The number of likely N-dealkylation sites (tertiary alicyclic amines) is 1. The van der Waals surface area contributed by atoms with E-state index >= 15 is 0 Å². The zero-order valence-corrected chi connectivity index (χ0v) is 16.4. The van der Waals surface area contributed by atoms with Gasteiger partial charge in [-0.2, -0.15) is 0 Å². The standard InChI is InChI=1S/C22H32N2O3/c1-26-21-9-6-19(7-10-21)4-2-12-23-13-3-5-20(18-23)8-11-22(25)24-14-16-27-17-15-24/h2,4,6-7,9-10,20H,3,5,8,11-18H2,1H3. The van der Waals surface area contributed by atoms with Gasteiger partial charge in [0.15, 0.2) is 0 Å². The Bertz CT molecular complexity index is 608. The van der Waals surface area contributed by atoms with Crippen molar-refractivity contribution in [3.63, 3.8) is 0 Å². The predicted molar refractivity (Wildman–Crippen MR) is 108 cm³/mol. The molecule has 1 atom stereocenters. The summed E-state index contributed by atoms with van der Waals surface area (Å²) >= 11 is 0. The molecule has 0 aliphatic carbocycles. The van der Waals surface area contributed by atoms with Crippen LogP contribution < -0.4 is 4.74 Å². The molecule has 0 N–H and O–H groups in total. The van der Waals surface area contributed by atoms with Crippen LogP contribution in [0.2, 0.25) is 0 Å². The molecule has 1 aromatic carbocycles. The Morgan fingerprint density at radius 1 is 1.22 bits per heavy atom. The minimum absolute atomic E-state index is 0.301. The Hall–Kier alpha value is -1.85. The SMILES string of the molecule is COc1ccc(C=CCN2CCCC(CCC(=O)N3CCOCC3)C2)cc1. The normalized spacial score (nSPS) is 21.5. The molecule has 0 saturated carbocycles. The van der Waals surface area contributed by atoms with Gasteiger partial charge in [0.2, 0.25) is 5.91 Å². The molecule has 2 heterocycles. The largest absolute Gasteiger partial charge is 0.497 e. The minimum atomic E-state index is 0.301. The lowest BCUT2D eigenvalue weighted by molar-refractivity contribution is -0.135. The number of piperidine rings is 1. The van der Waals surface area contributed by atoms with Crippen molar-refractivity contribution in [3.8, 4) is 5.75 Å². The molecular weight excluding hydrogens is 340 g/mol. The number of hydrogen-bond donors (Lipinski definition) is 0. The average molecular weight is 373 g/mol. The molecular formula is C22H32N2O3. The number of hydrogen-bond acceptors (Lipinski definition) is 4. The third kappa shape index (κ3) is 6.36. The lowest BCUT2D eigenvalue weighted by Gasteiger charge is -2.32. The van der Waals surface area contributed by atoms with Crippen LogP contribution in [0.15, 0.2) is 30.3 Å². The summed E-state index contributed by atoms with van der Waals surface area (Å²) in [5.41, 5.74) is 1.19. The molecule has 0 radical (unpaired) electrons. The highest BCUT2D eigenvalue weighted by Crippen LogP contribution is 2.22. The van der Waals surface area contributed by atoms with Gasteiger partial charge in [-0.25, -0.2) is 0 Å². The fourth-order valence-electron chi connectivity index (χ4n) is 3.90. The van der Waals surface area contributed by atoms with Crippen molar-refractivity contribution in [2.45, 2.75) is 25.7 Å². The van der Waals surface area contributed by atoms with Crippen LogP contribution in [0, 0.1) is 5.92 Å². The van der Waals surface area contributed by atoms with Crippen LogP contribution in [0.4, 0.5) is 0 Å². The second-order valence-corrected chi connectivity index (χ2v) is 7.48.